The summed E-state index contributed by atoms with van der Waals surface area (Å²) in [4.78, 5) is 17.2. The summed E-state index contributed by atoms with van der Waals surface area (Å²) in [6.45, 7) is 2.86. The van der Waals surface area contributed by atoms with Gasteiger partial charge in [0, 0.05) is 31.5 Å². The quantitative estimate of drug-likeness (QED) is 0.862. The molecule has 0 radical (unpaired) electrons. The molecular weight excluding hydrogens is 338 g/mol. The summed E-state index contributed by atoms with van der Waals surface area (Å²) in [5.74, 6) is 0.0994. The maximum atomic E-state index is 13.1. The van der Waals surface area contributed by atoms with Crippen molar-refractivity contribution in [3.05, 3.63) is 30.1 Å². The first-order valence-electron chi connectivity index (χ1n) is 9.16. The van der Waals surface area contributed by atoms with Gasteiger partial charge in [0.2, 0.25) is 15.9 Å². The molecule has 2 atom stereocenters. The van der Waals surface area contributed by atoms with Crippen molar-refractivity contribution in [3.8, 4) is 0 Å². The van der Waals surface area contributed by atoms with E-state index in [1.54, 1.807) is 16.7 Å². The number of pyridine rings is 1. The molecule has 1 aliphatic carbocycles. The molecule has 0 unspecified atom stereocenters. The molecule has 0 bridgehead atoms. The van der Waals surface area contributed by atoms with E-state index >= 15 is 0 Å². The van der Waals surface area contributed by atoms with Crippen LogP contribution in [0.25, 0.3) is 0 Å². The minimum atomic E-state index is -3.23. The van der Waals surface area contributed by atoms with Crippen LogP contribution in [0.3, 0.4) is 0 Å². The second-order valence-electron chi connectivity index (χ2n) is 7.05. The Morgan fingerprint density at radius 3 is 2.96 bits per heavy atom. The van der Waals surface area contributed by atoms with E-state index in [9.17, 15) is 13.2 Å². The molecule has 1 saturated heterocycles. The van der Waals surface area contributed by atoms with Gasteiger partial charge in [-0.1, -0.05) is 25.8 Å². The van der Waals surface area contributed by atoms with E-state index in [4.69, 9.17) is 0 Å². The molecule has 1 aromatic heterocycles. The van der Waals surface area contributed by atoms with Crippen molar-refractivity contribution < 1.29 is 13.2 Å². The van der Waals surface area contributed by atoms with Gasteiger partial charge in [0.05, 0.1) is 11.2 Å². The highest BCUT2D eigenvalue weighted by Gasteiger charge is 2.54. The first kappa shape index (κ1) is 18.3. The van der Waals surface area contributed by atoms with Gasteiger partial charge in [0.25, 0.3) is 0 Å². The lowest BCUT2D eigenvalue weighted by molar-refractivity contribution is -0.137. The molecule has 138 valence electrons. The fraction of sp³-hybridized carbons (Fsp3) is 0.667. The smallest absolute Gasteiger partial charge is 0.227 e. The van der Waals surface area contributed by atoms with Gasteiger partial charge in [-0.3, -0.25) is 9.78 Å². The number of sulfonamides is 1. The van der Waals surface area contributed by atoms with E-state index in [0.717, 1.165) is 37.7 Å². The third-order valence-corrected chi connectivity index (χ3v) is 7.63. The van der Waals surface area contributed by atoms with Crippen LogP contribution in [0.15, 0.2) is 24.5 Å². The molecule has 2 fully saturated rings. The molecule has 1 aliphatic heterocycles. The van der Waals surface area contributed by atoms with Crippen molar-refractivity contribution in [3.63, 3.8) is 0 Å². The average molecular weight is 365 g/mol. The van der Waals surface area contributed by atoms with Gasteiger partial charge in [0.15, 0.2) is 0 Å². The lowest BCUT2D eigenvalue weighted by Gasteiger charge is -2.50. The predicted octanol–water partition coefficient (Wildman–Crippen LogP) is 1.72. The number of carbonyl (C=O) groups excluding carboxylic acids is 1. The van der Waals surface area contributed by atoms with Crippen molar-refractivity contribution in [2.45, 2.75) is 51.5 Å². The predicted molar refractivity (Wildman–Crippen MR) is 96.4 cm³/mol. The third-order valence-electron chi connectivity index (χ3n) is 5.69. The van der Waals surface area contributed by atoms with Crippen molar-refractivity contribution in [2.24, 2.45) is 5.41 Å². The number of amides is 1. The molecule has 7 heteroatoms. The highest BCUT2D eigenvalue weighted by atomic mass is 32.2. The average Bonchev–Trinajstić information content (AvgIpc) is 2.62. The Hall–Kier alpha value is -1.47. The Morgan fingerprint density at radius 2 is 2.24 bits per heavy atom. The molecule has 0 spiro atoms. The second-order valence-corrected chi connectivity index (χ2v) is 9.10. The monoisotopic (exact) mass is 365 g/mol. The SMILES string of the molecule is CCN1[C@@H]2CCCC[C@@]2(C(=O)NCCc2cccnc2)CCS1(=O)=O. The van der Waals surface area contributed by atoms with Gasteiger partial charge in [-0.15, -0.1) is 0 Å². The van der Waals surface area contributed by atoms with Crippen LogP contribution in [-0.2, 0) is 21.2 Å². The minimum Gasteiger partial charge on any atom is -0.355 e. The molecule has 25 heavy (non-hydrogen) atoms. The number of rotatable bonds is 5. The summed E-state index contributed by atoms with van der Waals surface area (Å²) in [7, 11) is -3.23. The molecule has 1 amide bonds. The van der Waals surface area contributed by atoms with E-state index < -0.39 is 15.4 Å². The van der Waals surface area contributed by atoms with Crippen molar-refractivity contribution in [2.75, 3.05) is 18.8 Å². The van der Waals surface area contributed by atoms with E-state index in [1.165, 1.54) is 0 Å². The Kier molecular flexibility index (Phi) is 5.43. The van der Waals surface area contributed by atoms with Crippen LogP contribution < -0.4 is 5.32 Å². The molecule has 2 heterocycles. The number of nitrogens with zero attached hydrogens (tertiary/aromatic N) is 2. The molecule has 0 aromatic carbocycles. The van der Waals surface area contributed by atoms with Gasteiger partial charge in [-0.05, 0) is 37.3 Å². The topological polar surface area (TPSA) is 79.4 Å². The van der Waals surface area contributed by atoms with Gasteiger partial charge in [-0.25, -0.2) is 8.42 Å². The Labute approximate surface area is 150 Å². The number of aromatic nitrogens is 1. The van der Waals surface area contributed by atoms with Crippen LogP contribution in [0.5, 0.6) is 0 Å². The van der Waals surface area contributed by atoms with Crippen LogP contribution in [0, 0.1) is 5.41 Å². The van der Waals surface area contributed by atoms with Crippen molar-refractivity contribution in [1.82, 2.24) is 14.6 Å². The van der Waals surface area contributed by atoms with E-state index in [-0.39, 0.29) is 17.7 Å². The Bertz CT molecular complexity index is 708. The van der Waals surface area contributed by atoms with Crippen LogP contribution in [0.1, 0.15) is 44.6 Å². The summed E-state index contributed by atoms with van der Waals surface area (Å²) < 4.78 is 26.4. The Morgan fingerprint density at radius 1 is 1.40 bits per heavy atom. The summed E-state index contributed by atoms with van der Waals surface area (Å²) in [6.07, 6.45) is 8.25. The van der Waals surface area contributed by atoms with Crippen molar-refractivity contribution in [1.29, 1.82) is 0 Å². The summed E-state index contributed by atoms with van der Waals surface area (Å²) in [6, 6.07) is 3.69. The fourth-order valence-electron chi connectivity index (χ4n) is 4.39. The maximum Gasteiger partial charge on any atom is 0.227 e. The number of fused-ring (bicyclic) bond motifs is 1. The highest BCUT2D eigenvalue weighted by molar-refractivity contribution is 7.89. The molecule has 2 aliphatic rings. The minimum absolute atomic E-state index is 0.0226. The summed E-state index contributed by atoms with van der Waals surface area (Å²) in [5, 5.41) is 3.07. The van der Waals surface area contributed by atoms with Gasteiger partial charge >= 0.3 is 0 Å². The number of hydrogen-bond acceptors (Lipinski definition) is 4. The van der Waals surface area contributed by atoms with Crippen LogP contribution in [-0.4, -0.2) is 48.5 Å². The third kappa shape index (κ3) is 3.58. The first-order valence-corrected chi connectivity index (χ1v) is 10.8. The van der Waals surface area contributed by atoms with Crippen LogP contribution in [0.4, 0.5) is 0 Å². The molecule has 1 aromatic rings. The number of carbonyl (C=O) groups is 1. The van der Waals surface area contributed by atoms with E-state index in [2.05, 4.69) is 10.3 Å². The standard InChI is InChI=1S/C18H27N3O3S/c1-2-21-16-7-3-4-9-18(16,10-13-25(21,23)24)17(22)20-12-8-15-6-5-11-19-14-15/h5-6,11,14,16H,2-4,7-10,12-13H2,1H3,(H,20,22)/t16-,18-/m1/s1. The van der Waals surface area contributed by atoms with Gasteiger partial charge < -0.3 is 5.32 Å². The molecule has 1 saturated carbocycles. The maximum absolute atomic E-state index is 13.1. The zero-order chi connectivity index (χ0) is 17.9. The second kappa shape index (κ2) is 7.41. The van der Waals surface area contributed by atoms with Crippen LogP contribution >= 0.6 is 0 Å². The fourth-order valence-corrected chi connectivity index (χ4v) is 6.34. The summed E-state index contributed by atoms with van der Waals surface area (Å²) >= 11 is 0. The van der Waals surface area contributed by atoms with Crippen LogP contribution in [0.2, 0.25) is 0 Å². The van der Waals surface area contributed by atoms with E-state index in [1.807, 2.05) is 19.1 Å². The summed E-state index contributed by atoms with van der Waals surface area (Å²) in [5.41, 5.74) is 0.524. The van der Waals surface area contributed by atoms with E-state index in [0.29, 0.717) is 19.5 Å². The van der Waals surface area contributed by atoms with Gasteiger partial charge in [0.1, 0.15) is 0 Å². The number of nitrogens with one attached hydrogen (secondary N) is 1. The normalized spacial score (nSPS) is 28.9. The first-order chi connectivity index (χ1) is 12.0. The van der Waals surface area contributed by atoms with Gasteiger partial charge in [-0.2, -0.15) is 4.31 Å². The van der Waals surface area contributed by atoms with Crippen molar-refractivity contribution >= 4 is 15.9 Å². The number of hydrogen-bond donors (Lipinski definition) is 1. The lowest BCUT2D eigenvalue weighted by atomic mass is 9.67. The molecular formula is C18H27N3O3S. The largest absolute Gasteiger partial charge is 0.355 e. The Balaban J connectivity index is 1.72. The molecule has 3 rings (SSSR count). The molecule has 6 nitrogen and oxygen atoms in total. The highest BCUT2D eigenvalue weighted by Crippen LogP contribution is 2.46. The molecule has 1 N–H and O–H groups in total. The zero-order valence-corrected chi connectivity index (χ0v) is 15.6. The zero-order valence-electron chi connectivity index (χ0n) is 14.8. The lowest BCUT2D eigenvalue weighted by Crippen LogP contribution is -2.62.